The minimum atomic E-state index is -4.53. The molecular formula is C23H22F3N3O4. The van der Waals surface area contributed by atoms with E-state index in [0.29, 0.717) is 5.69 Å². The van der Waals surface area contributed by atoms with Crippen molar-refractivity contribution in [2.45, 2.75) is 33.1 Å². The maximum Gasteiger partial charge on any atom is 0.416 e. The molecule has 0 fully saturated rings. The van der Waals surface area contributed by atoms with Crippen LogP contribution in [0, 0.1) is 13.8 Å². The summed E-state index contributed by atoms with van der Waals surface area (Å²) in [5.74, 6) is -1.52. The molecular weight excluding hydrogens is 439 g/mol. The van der Waals surface area contributed by atoms with Crippen LogP contribution in [-0.2, 0) is 15.7 Å². The van der Waals surface area contributed by atoms with Crippen LogP contribution < -0.4 is 10.1 Å². The molecule has 1 atom stereocenters. The summed E-state index contributed by atoms with van der Waals surface area (Å²) in [5.41, 5.74) is 1.40. The molecule has 0 aliphatic carbocycles. The van der Waals surface area contributed by atoms with Gasteiger partial charge in [0.1, 0.15) is 0 Å². The van der Waals surface area contributed by atoms with Gasteiger partial charge in [-0.15, -0.1) is 0 Å². The zero-order valence-electron chi connectivity index (χ0n) is 18.4. The van der Waals surface area contributed by atoms with E-state index < -0.39 is 29.7 Å². The zero-order valence-corrected chi connectivity index (χ0v) is 18.4. The standard InChI is InChI=1S/C23H22F3N3O4/c1-13-8-9-18(14(2)10-13)27-21(30)15(3)33-22(31)20-19(32-4)12-29(28-20)17-7-5-6-16(11-17)23(24,25)26/h5-12,15H,1-4H3,(H,27,30). The van der Waals surface area contributed by atoms with Crippen molar-refractivity contribution < 1.29 is 32.2 Å². The van der Waals surface area contributed by atoms with Crippen LogP contribution in [0.3, 0.4) is 0 Å². The van der Waals surface area contributed by atoms with Crippen molar-refractivity contribution in [2.24, 2.45) is 0 Å². The van der Waals surface area contributed by atoms with Gasteiger partial charge in [0.15, 0.2) is 11.9 Å². The van der Waals surface area contributed by atoms with Gasteiger partial charge in [0, 0.05) is 5.69 Å². The van der Waals surface area contributed by atoms with Crippen LogP contribution in [0.5, 0.6) is 5.75 Å². The third-order valence-electron chi connectivity index (χ3n) is 4.82. The number of carbonyl (C=O) groups is 2. The Kier molecular flexibility index (Phi) is 6.75. The number of halogens is 3. The Morgan fingerprint density at radius 2 is 1.85 bits per heavy atom. The van der Waals surface area contributed by atoms with Crippen molar-refractivity contribution in [1.82, 2.24) is 9.78 Å². The molecule has 1 aromatic heterocycles. The number of nitrogens with one attached hydrogen (secondary N) is 1. The molecule has 174 valence electrons. The fourth-order valence-electron chi connectivity index (χ4n) is 3.06. The molecule has 1 heterocycles. The predicted molar refractivity (Wildman–Crippen MR) is 115 cm³/mol. The average Bonchev–Trinajstić information content (AvgIpc) is 3.20. The molecule has 3 rings (SSSR count). The second kappa shape index (κ2) is 9.35. The first-order chi connectivity index (χ1) is 15.5. The number of aromatic nitrogens is 2. The van der Waals surface area contributed by atoms with Crippen LogP contribution in [0.1, 0.15) is 34.1 Å². The van der Waals surface area contributed by atoms with E-state index in [2.05, 4.69) is 10.4 Å². The lowest BCUT2D eigenvalue weighted by atomic mass is 10.1. The predicted octanol–water partition coefficient (Wildman–Crippen LogP) is 4.70. The molecule has 2 aromatic carbocycles. The normalized spacial score (nSPS) is 12.2. The Bertz CT molecular complexity index is 1190. The Balaban J connectivity index is 1.77. The first-order valence-corrected chi connectivity index (χ1v) is 9.90. The number of alkyl halides is 3. The zero-order chi connectivity index (χ0) is 24.3. The quantitative estimate of drug-likeness (QED) is 0.538. The number of ether oxygens (including phenoxy) is 2. The maximum absolute atomic E-state index is 13.0. The lowest BCUT2D eigenvalue weighted by molar-refractivity contribution is -0.137. The average molecular weight is 461 g/mol. The molecule has 0 spiro atoms. The molecule has 0 aliphatic rings. The van der Waals surface area contributed by atoms with Gasteiger partial charge in [-0.3, -0.25) is 4.79 Å². The van der Waals surface area contributed by atoms with E-state index >= 15 is 0 Å². The first kappa shape index (κ1) is 23.8. The monoisotopic (exact) mass is 461 g/mol. The van der Waals surface area contributed by atoms with Crippen LogP contribution in [0.4, 0.5) is 18.9 Å². The van der Waals surface area contributed by atoms with E-state index in [4.69, 9.17) is 9.47 Å². The van der Waals surface area contributed by atoms with Gasteiger partial charge in [-0.1, -0.05) is 23.8 Å². The highest BCUT2D eigenvalue weighted by atomic mass is 19.4. The number of esters is 1. The van der Waals surface area contributed by atoms with Crippen molar-refractivity contribution in [3.8, 4) is 11.4 Å². The number of amides is 1. The second-order valence-corrected chi connectivity index (χ2v) is 7.39. The number of nitrogens with zero attached hydrogens (tertiary/aromatic N) is 2. The molecule has 10 heteroatoms. The third-order valence-corrected chi connectivity index (χ3v) is 4.82. The van der Waals surface area contributed by atoms with Gasteiger partial charge < -0.3 is 14.8 Å². The smallest absolute Gasteiger partial charge is 0.416 e. The number of anilines is 1. The highest BCUT2D eigenvalue weighted by Gasteiger charge is 2.31. The Morgan fingerprint density at radius 1 is 1.12 bits per heavy atom. The van der Waals surface area contributed by atoms with Gasteiger partial charge >= 0.3 is 12.1 Å². The van der Waals surface area contributed by atoms with E-state index in [0.717, 1.165) is 27.9 Å². The fraction of sp³-hybridized carbons (Fsp3) is 0.261. The molecule has 1 unspecified atom stereocenters. The topological polar surface area (TPSA) is 82.5 Å². The van der Waals surface area contributed by atoms with Crippen molar-refractivity contribution in [3.63, 3.8) is 0 Å². The number of aryl methyl sites for hydroxylation is 2. The second-order valence-electron chi connectivity index (χ2n) is 7.39. The highest BCUT2D eigenvalue weighted by Crippen LogP contribution is 2.31. The summed E-state index contributed by atoms with van der Waals surface area (Å²) >= 11 is 0. The van der Waals surface area contributed by atoms with Gasteiger partial charge in [0.2, 0.25) is 5.69 Å². The van der Waals surface area contributed by atoms with E-state index in [9.17, 15) is 22.8 Å². The summed E-state index contributed by atoms with van der Waals surface area (Å²) < 4.78 is 50.5. The van der Waals surface area contributed by atoms with E-state index in [1.54, 1.807) is 6.07 Å². The Labute approximate surface area is 188 Å². The largest absolute Gasteiger partial charge is 0.493 e. The number of methoxy groups -OCH3 is 1. The van der Waals surface area contributed by atoms with Gasteiger partial charge in [0.25, 0.3) is 5.91 Å². The number of benzene rings is 2. The fourth-order valence-corrected chi connectivity index (χ4v) is 3.06. The summed E-state index contributed by atoms with van der Waals surface area (Å²) in [6, 6.07) is 9.93. The maximum atomic E-state index is 13.0. The summed E-state index contributed by atoms with van der Waals surface area (Å²) in [5, 5.41) is 6.71. The Morgan fingerprint density at radius 3 is 2.48 bits per heavy atom. The summed E-state index contributed by atoms with van der Waals surface area (Å²) in [7, 11) is 1.28. The Hall–Kier alpha value is -3.82. The molecule has 1 N–H and O–H groups in total. The molecule has 0 aliphatic heterocycles. The van der Waals surface area contributed by atoms with Crippen LogP contribution in [-0.4, -0.2) is 34.9 Å². The number of carbonyl (C=O) groups excluding carboxylic acids is 2. The summed E-state index contributed by atoms with van der Waals surface area (Å²) in [4.78, 5) is 25.1. The lowest BCUT2D eigenvalue weighted by Gasteiger charge is -2.14. The first-order valence-electron chi connectivity index (χ1n) is 9.90. The molecule has 3 aromatic rings. The number of hydrogen-bond acceptors (Lipinski definition) is 5. The van der Waals surface area contributed by atoms with E-state index in [1.165, 1.54) is 32.4 Å². The number of rotatable bonds is 6. The van der Waals surface area contributed by atoms with Gasteiger partial charge in [0.05, 0.1) is 24.6 Å². The molecule has 0 bridgehead atoms. The van der Waals surface area contributed by atoms with Gasteiger partial charge in [-0.25, -0.2) is 9.48 Å². The van der Waals surface area contributed by atoms with Gasteiger partial charge in [-0.05, 0) is 50.6 Å². The third kappa shape index (κ3) is 5.51. The van der Waals surface area contributed by atoms with Crippen molar-refractivity contribution >= 4 is 17.6 Å². The molecule has 0 radical (unpaired) electrons. The minimum absolute atomic E-state index is 0.0144. The number of hydrogen-bond donors (Lipinski definition) is 1. The van der Waals surface area contributed by atoms with Crippen LogP contribution in [0.25, 0.3) is 5.69 Å². The lowest BCUT2D eigenvalue weighted by Crippen LogP contribution is -2.30. The van der Waals surface area contributed by atoms with Crippen molar-refractivity contribution in [1.29, 1.82) is 0 Å². The molecule has 0 saturated heterocycles. The SMILES string of the molecule is COc1cn(-c2cccc(C(F)(F)F)c2)nc1C(=O)OC(C)C(=O)Nc1ccc(C)cc1C. The van der Waals surface area contributed by atoms with Gasteiger partial charge in [-0.2, -0.15) is 18.3 Å². The molecule has 33 heavy (non-hydrogen) atoms. The highest BCUT2D eigenvalue weighted by molar-refractivity contribution is 5.98. The molecule has 1 amide bonds. The van der Waals surface area contributed by atoms with Crippen LogP contribution >= 0.6 is 0 Å². The van der Waals surface area contributed by atoms with E-state index in [-0.39, 0.29) is 17.1 Å². The minimum Gasteiger partial charge on any atom is -0.493 e. The van der Waals surface area contributed by atoms with E-state index in [1.807, 2.05) is 26.0 Å². The van der Waals surface area contributed by atoms with Crippen LogP contribution in [0.2, 0.25) is 0 Å². The summed E-state index contributed by atoms with van der Waals surface area (Å²) in [6.07, 6.45) is -4.44. The molecule has 7 nitrogen and oxygen atoms in total. The van der Waals surface area contributed by atoms with Crippen LogP contribution in [0.15, 0.2) is 48.7 Å². The summed E-state index contributed by atoms with van der Waals surface area (Å²) in [6.45, 7) is 5.16. The van der Waals surface area contributed by atoms with Crippen molar-refractivity contribution in [2.75, 3.05) is 12.4 Å². The van der Waals surface area contributed by atoms with Crippen molar-refractivity contribution in [3.05, 3.63) is 71.0 Å². The molecule has 0 saturated carbocycles.